The Kier molecular flexibility index (Phi) is 3.13. The van der Waals surface area contributed by atoms with Gasteiger partial charge in [-0.15, -0.1) is 0 Å². The van der Waals surface area contributed by atoms with Gasteiger partial charge in [-0.3, -0.25) is 0 Å². The van der Waals surface area contributed by atoms with Crippen LogP contribution < -0.4 is 5.73 Å². The van der Waals surface area contributed by atoms with Crippen molar-refractivity contribution in [3.8, 4) is 5.75 Å². The van der Waals surface area contributed by atoms with E-state index in [1.807, 2.05) is 0 Å². The second-order valence-electron chi connectivity index (χ2n) is 2.78. The van der Waals surface area contributed by atoms with Crippen molar-refractivity contribution in [2.24, 2.45) is 5.73 Å². The summed E-state index contributed by atoms with van der Waals surface area (Å²) in [6.45, 7) is 0. The van der Waals surface area contributed by atoms with E-state index in [0.717, 1.165) is 0 Å². The maximum Gasteiger partial charge on any atom is 0.257 e. The third kappa shape index (κ3) is 2.01. The Labute approximate surface area is 81.1 Å². The average molecular weight is 227 g/mol. The van der Waals surface area contributed by atoms with Crippen LogP contribution in [0.1, 0.15) is 11.6 Å². The van der Waals surface area contributed by atoms with Gasteiger partial charge in [0.15, 0.2) is 17.5 Å². The predicted octanol–water partition coefficient (Wildman–Crippen LogP) is 2.07. The molecule has 0 amide bonds. The minimum absolute atomic E-state index is 0.190. The Hall–Kier alpha value is -1.37. The van der Waals surface area contributed by atoms with Crippen LogP contribution in [0.4, 0.5) is 22.0 Å². The number of rotatable bonds is 2. The van der Waals surface area contributed by atoms with Gasteiger partial charge in [0.2, 0.25) is 0 Å². The zero-order chi connectivity index (χ0) is 11.7. The maximum atomic E-state index is 12.9. The Bertz CT molecular complexity index is 382. The number of halogens is 5. The van der Waals surface area contributed by atoms with Gasteiger partial charge in [-0.2, -0.15) is 0 Å². The van der Waals surface area contributed by atoms with Crippen molar-refractivity contribution in [1.82, 2.24) is 0 Å². The molecule has 1 rings (SSSR count). The molecule has 0 aromatic heterocycles. The zero-order valence-corrected chi connectivity index (χ0v) is 7.15. The molecule has 15 heavy (non-hydrogen) atoms. The maximum absolute atomic E-state index is 12.9. The highest BCUT2D eigenvalue weighted by atomic mass is 19.3. The van der Waals surface area contributed by atoms with Gasteiger partial charge in [0.1, 0.15) is 5.75 Å². The van der Waals surface area contributed by atoms with E-state index in [1.54, 1.807) is 0 Å². The van der Waals surface area contributed by atoms with Gasteiger partial charge in [-0.05, 0) is 0 Å². The SMILES string of the molecule is N[C@@H](c1c(O)cc(F)c(F)c1F)C(F)F. The van der Waals surface area contributed by atoms with Gasteiger partial charge in [0.25, 0.3) is 6.43 Å². The van der Waals surface area contributed by atoms with E-state index in [0.29, 0.717) is 0 Å². The van der Waals surface area contributed by atoms with Gasteiger partial charge < -0.3 is 10.8 Å². The molecule has 0 saturated heterocycles. The molecule has 0 heterocycles. The van der Waals surface area contributed by atoms with Crippen LogP contribution in [0.2, 0.25) is 0 Å². The molecule has 0 radical (unpaired) electrons. The van der Waals surface area contributed by atoms with Crippen LogP contribution in [0.3, 0.4) is 0 Å². The van der Waals surface area contributed by atoms with E-state index in [2.05, 4.69) is 0 Å². The minimum atomic E-state index is -3.20. The molecular formula is C8H6F5NO. The molecule has 1 atom stereocenters. The first-order chi connectivity index (χ1) is 6.86. The van der Waals surface area contributed by atoms with Gasteiger partial charge in [-0.1, -0.05) is 0 Å². The number of nitrogens with two attached hydrogens (primary N) is 1. The fourth-order valence-corrected chi connectivity index (χ4v) is 1.04. The van der Waals surface area contributed by atoms with E-state index in [-0.39, 0.29) is 6.07 Å². The molecule has 7 heteroatoms. The van der Waals surface area contributed by atoms with Crippen molar-refractivity contribution in [3.63, 3.8) is 0 Å². The highest BCUT2D eigenvalue weighted by molar-refractivity contribution is 5.37. The highest BCUT2D eigenvalue weighted by Gasteiger charge is 2.28. The molecule has 1 aromatic rings. The van der Waals surface area contributed by atoms with Crippen LogP contribution >= 0.6 is 0 Å². The van der Waals surface area contributed by atoms with E-state index in [1.165, 1.54) is 0 Å². The number of alkyl halides is 2. The van der Waals surface area contributed by atoms with Crippen LogP contribution in [0.15, 0.2) is 6.07 Å². The van der Waals surface area contributed by atoms with Crippen LogP contribution in [0, 0.1) is 17.5 Å². The van der Waals surface area contributed by atoms with E-state index in [4.69, 9.17) is 10.8 Å². The van der Waals surface area contributed by atoms with Crippen molar-refractivity contribution < 1.29 is 27.1 Å². The predicted molar refractivity (Wildman–Crippen MR) is 40.9 cm³/mol. The van der Waals surface area contributed by atoms with Crippen molar-refractivity contribution in [3.05, 3.63) is 29.1 Å². The Morgan fingerprint density at radius 2 is 1.67 bits per heavy atom. The zero-order valence-electron chi connectivity index (χ0n) is 7.15. The van der Waals surface area contributed by atoms with Crippen LogP contribution in [0.5, 0.6) is 5.75 Å². The van der Waals surface area contributed by atoms with Crippen molar-refractivity contribution >= 4 is 0 Å². The molecule has 2 nitrogen and oxygen atoms in total. The summed E-state index contributed by atoms with van der Waals surface area (Å²) in [6.07, 6.45) is -3.20. The van der Waals surface area contributed by atoms with Crippen LogP contribution in [0.25, 0.3) is 0 Å². The summed E-state index contributed by atoms with van der Waals surface area (Å²) in [5, 5.41) is 8.96. The van der Waals surface area contributed by atoms with Crippen molar-refractivity contribution in [2.75, 3.05) is 0 Å². The molecule has 84 valence electrons. The van der Waals surface area contributed by atoms with E-state index < -0.39 is 41.2 Å². The Balaban J connectivity index is 3.36. The van der Waals surface area contributed by atoms with E-state index >= 15 is 0 Å². The lowest BCUT2D eigenvalue weighted by molar-refractivity contribution is 0.113. The summed E-state index contributed by atoms with van der Waals surface area (Å²) >= 11 is 0. The smallest absolute Gasteiger partial charge is 0.257 e. The lowest BCUT2D eigenvalue weighted by Gasteiger charge is -2.14. The van der Waals surface area contributed by atoms with Crippen LogP contribution in [-0.2, 0) is 0 Å². The third-order valence-electron chi connectivity index (χ3n) is 1.78. The van der Waals surface area contributed by atoms with Crippen molar-refractivity contribution in [2.45, 2.75) is 12.5 Å². The average Bonchev–Trinajstić information content (AvgIpc) is 2.14. The fourth-order valence-electron chi connectivity index (χ4n) is 1.04. The second kappa shape index (κ2) is 4.01. The molecule has 0 aliphatic rings. The summed E-state index contributed by atoms with van der Waals surface area (Å²) in [4.78, 5) is 0. The number of benzene rings is 1. The number of hydrogen-bond donors (Lipinski definition) is 2. The molecular weight excluding hydrogens is 221 g/mol. The summed E-state index contributed by atoms with van der Waals surface area (Å²) in [5.74, 6) is -6.66. The molecule has 0 aliphatic heterocycles. The molecule has 0 bridgehead atoms. The molecule has 0 spiro atoms. The third-order valence-corrected chi connectivity index (χ3v) is 1.78. The normalized spacial score (nSPS) is 13.3. The fraction of sp³-hybridized carbons (Fsp3) is 0.250. The summed E-state index contributed by atoms with van der Waals surface area (Å²) in [6, 6.07) is -2.02. The van der Waals surface area contributed by atoms with E-state index in [9.17, 15) is 22.0 Å². The largest absolute Gasteiger partial charge is 0.507 e. The Morgan fingerprint density at radius 1 is 1.13 bits per heavy atom. The molecule has 0 unspecified atom stereocenters. The Morgan fingerprint density at radius 3 is 2.13 bits per heavy atom. The summed E-state index contributed by atoms with van der Waals surface area (Å²) in [7, 11) is 0. The number of hydrogen-bond acceptors (Lipinski definition) is 2. The van der Waals surface area contributed by atoms with Gasteiger partial charge in [0.05, 0.1) is 11.6 Å². The monoisotopic (exact) mass is 227 g/mol. The highest BCUT2D eigenvalue weighted by Crippen LogP contribution is 2.31. The van der Waals surface area contributed by atoms with Crippen molar-refractivity contribution in [1.29, 1.82) is 0 Å². The topological polar surface area (TPSA) is 46.2 Å². The lowest BCUT2D eigenvalue weighted by atomic mass is 10.1. The second-order valence-corrected chi connectivity index (χ2v) is 2.78. The first-order valence-corrected chi connectivity index (χ1v) is 3.76. The van der Waals surface area contributed by atoms with Gasteiger partial charge >= 0.3 is 0 Å². The molecule has 3 N–H and O–H groups in total. The lowest BCUT2D eigenvalue weighted by Crippen LogP contribution is -2.21. The molecule has 0 fully saturated rings. The number of phenols is 1. The standard InChI is InChI=1S/C8H6F5NO/c9-2-1-3(15)4(6(11)5(2)10)7(14)8(12)13/h1,7-8,15H,14H2/t7-/m0/s1. The quantitative estimate of drug-likeness (QED) is 0.600. The molecule has 1 aromatic carbocycles. The van der Waals surface area contributed by atoms with Gasteiger partial charge in [0, 0.05) is 6.07 Å². The minimum Gasteiger partial charge on any atom is -0.507 e. The number of aromatic hydroxyl groups is 1. The summed E-state index contributed by atoms with van der Waals surface area (Å²) < 4.78 is 62.2. The molecule has 0 aliphatic carbocycles. The molecule has 0 saturated carbocycles. The van der Waals surface area contributed by atoms with Gasteiger partial charge in [-0.25, -0.2) is 22.0 Å². The summed E-state index contributed by atoms with van der Waals surface area (Å²) in [5.41, 5.74) is 3.68. The first-order valence-electron chi connectivity index (χ1n) is 3.76. The van der Waals surface area contributed by atoms with Crippen LogP contribution in [-0.4, -0.2) is 11.5 Å². The number of phenolic OH excluding ortho intramolecular Hbond substituents is 1. The first kappa shape index (κ1) is 11.7.